The van der Waals surface area contributed by atoms with Gasteiger partial charge in [-0.3, -0.25) is 14.9 Å². The minimum atomic E-state index is -0.349. The summed E-state index contributed by atoms with van der Waals surface area (Å²) in [5.74, 6) is 1.48. The predicted octanol–water partition coefficient (Wildman–Crippen LogP) is 3.57. The average molecular weight is 457 g/mol. The summed E-state index contributed by atoms with van der Waals surface area (Å²) < 4.78 is 1.70. The maximum atomic E-state index is 12.1. The minimum absolute atomic E-state index is 0.0826. The monoisotopic (exact) mass is 456 g/mol. The normalized spacial score (nSPS) is 19.9. The molecule has 8 nitrogen and oxygen atoms in total. The van der Waals surface area contributed by atoms with Gasteiger partial charge in [-0.2, -0.15) is 14.6 Å². The standard InChI is InChI=1S/C26H28N6O2/c33-23-14-18(25(34)31-23)13-19-15-27-32-24(19)29-22(30-26(32)28-20-10-11-20)12-9-17-7-3-4-8-21(17)16-5-1-2-6-16/h3-4,7-8,13,15-16,20H,1-2,5-6,9-12,14H2,(H,28,29,30)(H,31,33,34)/b18-13+. The molecule has 1 aromatic carbocycles. The van der Waals surface area contributed by atoms with Gasteiger partial charge in [-0.1, -0.05) is 37.1 Å². The number of hydrogen-bond donors (Lipinski definition) is 2. The van der Waals surface area contributed by atoms with E-state index in [-0.39, 0.29) is 18.2 Å². The number of anilines is 1. The number of imide groups is 1. The van der Waals surface area contributed by atoms with Crippen LogP contribution in [0, 0.1) is 0 Å². The van der Waals surface area contributed by atoms with Gasteiger partial charge in [0.2, 0.25) is 11.9 Å². The molecule has 2 saturated carbocycles. The van der Waals surface area contributed by atoms with Gasteiger partial charge >= 0.3 is 0 Å². The van der Waals surface area contributed by atoms with Crippen LogP contribution in [0.2, 0.25) is 0 Å². The fraction of sp³-hybridized carbons (Fsp3) is 0.423. The molecular formula is C26H28N6O2. The van der Waals surface area contributed by atoms with Crippen LogP contribution in [-0.2, 0) is 22.4 Å². The Hall–Kier alpha value is -3.55. The maximum Gasteiger partial charge on any atom is 0.254 e. The van der Waals surface area contributed by atoms with Crippen LogP contribution in [0.3, 0.4) is 0 Å². The second-order valence-electron chi connectivity index (χ2n) is 9.62. The summed E-state index contributed by atoms with van der Waals surface area (Å²) in [7, 11) is 0. The zero-order valence-electron chi connectivity index (χ0n) is 19.1. The van der Waals surface area contributed by atoms with Crippen molar-refractivity contribution in [3.63, 3.8) is 0 Å². The SMILES string of the molecule is O=C1C/C(=C\c2cnn3c(NC4CC4)nc(CCc4ccccc4C4CCCC4)nc23)C(=O)N1. The van der Waals surface area contributed by atoms with Crippen molar-refractivity contribution in [1.29, 1.82) is 0 Å². The van der Waals surface area contributed by atoms with E-state index in [1.807, 2.05) is 0 Å². The van der Waals surface area contributed by atoms with E-state index >= 15 is 0 Å². The Bertz CT molecular complexity index is 1300. The molecule has 2 aromatic heterocycles. The highest BCUT2D eigenvalue weighted by Gasteiger charge is 2.26. The lowest BCUT2D eigenvalue weighted by molar-refractivity contribution is -0.124. The summed E-state index contributed by atoms with van der Waals surface area (Å²) in [6, 6.07) is 9.20. The predicted molar refractivity (Wildman–Crippen MR) is 128 cm³/mol. The van der Waals surface area contributed by atoms with Crippen molar-refractivity contribution in [1.82, 2.24) is 24.9 Å². The first-order valence-corrected chi connectivity index (χ1v) is 12.3. The number of carbonyl (C=O) groups is 2. The first-order valence-electron chi connectivity index (χ1n) is 12.3. The molecule has 0 radical (unpaired) electrons. The lowest BCUT2D eigenvalue weighted by Crippen LogP contribution is -2.19. The van der Waals surface area contributed by atoms with Crippen LogP contribution < -0.4 is 10.6 Å². The number of nitrogens with one attached hydrogen (secondary N) is 2. The number of aromatic nitrogens is 4. The van der Waals surface area contributed by atoms with E-state index in [4.69, 9.17) is 9.97 Å². The molecule has 2 amide bonds. The van der Waals surface area contributed by atoms with Gasteiger partial charge in [-0.25, -0.2) is 4.98 Å². The van der Waals surface area contributed by atoms with Crippen LogP contribution in [0.15, 0.2) is 36.0 Å². The van der Waals surface area contributed by atoms with E-state index < -0.39 is 0 Å². The molecule has 174 valence electrons. The van der Waals surface area contributed by atoms with Gasteiger partial charge in [0.25, 0.3) is 5.91 Å². The Morgan fingerprint density at radius 3 is 2.65 bits per heavy atom. The largest absolute Gasteiger partial charge is 0.351 e. The van der Waals surface area contributed by atoms with E-state index in [9.17, 15) is 9.59 Å². The Morgan fingerprint density at radius 2 is 1.88 bits per heavy atom. The van der Waals surface area contributed by atoms with Crippen molar-refractivity contribution in [2.24, 2.45) is 0 Å². The molecule has 34 heavy (non-hydrogen) atoms. The van der Waals surface area contributed by atoms with Crippen molar-refractivity contribution in [2.75, 3.05) is 5.32 Å². The summed E-state index contributed by atoms with van der Waals surface area (Å²) >= 11 is 0. The van der Waals surface area contributed by atoms with E-state index in [1.54, 1.807) is 16.8 Å². The van der Waals surface area contributed by atoms with Crippen LogP contribution >= 0.6 is 0 Å². The van der Waals surface area contributed by atoms with Gasteiger partial charge in [0.05, 0.1) is 12.6 Å². The van der Waals surface area contributed by atoms with Crippen LogP contribution in [0.4, 0.5) is 5.95 Å². The molecule has 8 heteroatoms. The maximum absolute atomic E-state index is 12.1. The molecule has 0 bridgehead atoms. The molecule has 1 saturated heterocycles. The third-order valence-electron chi connectivity index (χ3n) is 7.05. The number of carbonyl (C=O) groups excluding carboxylic acids is 2. The van der Waals surface area contributed by atoms with E-state index in [0.717, 1.165) is 31.5 Å². The minimum Gasteiger partial charge on any atom is -0.351 e. The zero-order chi connectivity index (χ0) is 23.1. The van der Waals surface area contributed by atoms with Crippen molar-refractivity contribution >= 4 is 29.5 Å². The lowest BCUT2D eigenvalue weighted by Gasteiger charge is -2.15. The molecule has 1 aliphatic heterocycles. The number of fused-ring (bicyclic) bond motifs is 1. The summed E-state index contributed by atoms with van der Waals surface area (Å²) in [6.07, 6.45) is 12.5. The third kappa shape index (κ3) is 4.20. The summed E-state index contributed by atoms with van der Waals surface area (Å²) in [5, 5.41) is 10.3. The van der Waals surface area contributed by atoms with E-state index in [2.05, 4.69) is 40.0 Å². The number of rotatable bonds is 7. The quantitative estimate of drug-likeness (QED) is 0.416. The summed E-state index contributed by atoms with van der Waals surface area (Å²) in [6.45, 7) is 0. The summed E-state index contributed by atoms with van der Waals surface area (Å²) in [5.41, 5.74) is 4.66. The van der Waals surface area contributed by atoms with Crippen molar-refractivity contribution in [3.8, 4) is 0 Å². The van der Waals surface area contributed by atoms with Gasteiger partial charge in [0.1, 0.15) is 5.82 Å². The highest BCUT2D eigenvalue weighted by Crippen LogP contribution is 2.36. The Morgan fingerprint density at radius 1 is 1.06 bits per heavy atom. The average Bonchev–Trinajstić information content (AvgIpc) is 3.20. The molecule has 3 aromatic rings. The molecule has 0 unspecified atom stereocenters. The number of amides is 2. The highest BCUT2D eigenvalue weighted by atomic mass is 16.2. The molecule has 3 heterocycles. The van der Waals surface area contributed by atoms with Gasteiger partial charge in [-0.05, 0) is 55.2 Å². The van der Waals surface area contributed by atoms with Crippen LogP contribution in [0.25, 0.3) is 11.7 Å². The molecule has 2 aliphatic carbocycles. The second kappa shape index (κ2) is 8.66. The lowest BCUT2D eigenvalue weighted by atomic mass is 9.91. The van der Waals surface area contributed by atoms with Crippen molar-refractivity contribution < 1.29 is 9.59 Å². The van der Waals surface area contributed by atoms with E-state index in [1.165, 1.54) is 36.8 Å². The topological polar surface area (TPSA) is 101 Å². The van der Waals surface area contributed by atoms with Gasteiger partial charge in [0.15, 0.2) is 5.65 Å². The fourth-order valence-corrected chi connectivity index (χ4v) is 5.11. The third-order valence-corrected chi connectivity index (χ3v) is 7.05. The molecule has 0 spiro atoms. The first-order chi connectivity index (χ1) is 16.6. The Balaban J connectivity index is 1.32. The number of aryl methyl sites for hydroxylation is 2. The van der Waals surface area contributed by atoms with Crippen LogP contribution in [0.5, 0.6) is 0 Å². The van der Waals surface area contributed by atoms with Crippen LogP contribution in [0.1, 0.15) is 73.4 Å². The smallest absolute Gasteiger partial charge is 0.254 e. The number of hydrogen-bond acceptors (Lipinski definition) is 6. The Labute approximate surface area is 197 Å². The van der Waals surface area contributed by atoms with Crippen LogP contribution in [-0.4, -0.2) is 37.4 Å². The van der Waals surface area contributed by atoms with Gasteiger partial charge in [-0.15, -0.1) is 0 Å². The highest BCUT2D eigenvalue weighted by molar-refractivity contribution is 6.15. The fourth-order valence-electron chi connectivity index (χ4n) is 5.11. The molecule has 2 N–H and O–H groups in total. The Kier molecular flexibility index (Phi) is 5.36. The van der Waals surface area contributed by atoms with E-state index in [0.29, 0.717) is 34.7 Å². The molecule has 6 rings (SSSR count). The molecule has 3 aliphatic rings. The van der Waals surface area contributed by atoms with Gasteiger partial charge < -0.3 is 5.32 Å². The number of nitrogens with zero attached hydrogens (tertiary/aromatic N) is 4. The van der Waals surface area contributed by atoms with Gasteiger partial charge in [0, 0.05) is 23.6 Å². The second-order valence-corrected chi connectivity index (χ2v) is 9.62. The zero-order valence-corrected chi connectivity index (χ0v) is 19.1. The molecular weight excluding hydrogens is 428 g/mol. The van der Waals surface area contributed by atoms with Crippen molar-refractivity contribution in [3.05, 3.63) is 58.6 Å². The van der Waals surface area contributed by atoms with Crippen molar-refractivity contribution in [2.45, 2.75) is 69.7 Å². The summed E-state index contributed by atoms with van der Waals surface area (Å²) in [4.78, 5) is 33.3. The molecule has 3 fully saturated rings. The number of benzene rings is 1. The molecule has 0 atom stereocenters. The first kappa shape index (κ1) is 21.0.